The van der Waals surface area contributed by atoms with Gasteiger partial charge in [-0.05, 0) is 36.5 Å². The molecule has 0 bridgehead atoms. The number of benzene rings is 1. The number of nitrogens with one attached hydrogen (secondary N) is 1. The molecular weight excluding hydrogens is 316 g/mol. The van der Waals surface area contributed by atoms with E-state index in [-0.39, 0.29) is 23.4 Å². The van der Waals surface area contributed by atoms with Crippen molar-refractivity contribution in [3.8, 4) is 11.4 Å². The summed E-state index contributed by atoms with van der Waals surface area (Å²) < 4.78 is 1.59. The third-order valence-electron chi connectivity index (χ3n) is 5.36. The molecule has 6 nitrogen and oxygen atoms in total. The predicted molar refractivity (Wildman–Crippen MR) is 95.2 cm³/mol. The van der Waals surface area contributed by atoms with Gasteiger partial charge in [0.2, 0.25) is 0 Å². The van der Waals surface area contributed by atoms with Crippen molar-refractivity contribution >= 4 is 5.91 Å². The second-order valence-electron chi connectivity index (χ2n) is 7.26. The van der Waals surface area contributed by atoms with Crippen LogP contribution in [0.15, 0.2) is 30.5 Å². The first-order valence-electron chi connectivity index (χ1n) is 8.98. The lowest BCUT2D eigenvalue weighted by Crippen LogP contribution is -2.64. The average molecular weight is 340 g/mol. The average Bonchev–Trinajstić information content (AvgIpc) is 2.97. The van der Waals surface area contributed by atoms with Crippen molar-refractivity contribution in [1.82, 2.24) is 20.0 Å². The molecule has 1 amide bonds. The lowest BCUT2D eigenvalue weighted by atomic mass is 9.83. The number of amides is 1. The Morgan fingerprint density at radius 3 is 2.92 bits per heavy atom. The molecule has 0 radical (unpaired) electrons. The number of carbonyl (C=O) groups excluding carboxylic acids is 1. The molecule has 1 saturated carbocycles. The molecule has 25 heavy (non-hydrogen) atoms. The molecule has 2 fully saturated rings. The van der Waals surface area contributed by atoms with Gasteiger partial charge in [-0.3, -0.25) is 4.79 Å². The van der Waals surface area contributed by atoms with Crippen LogP contribution in [0.3, 0.4) is 0 Å². The number of fused-ring (bicyclic) bond motifs is 1. The van der Waals surface area contributed by atoms with Crippen LogP contribution in [-0.2, 0) is 0 Å². The van der Waals surface area contributed by atoms with Crippen molar-refractivity contribution in [3.63, 3.8) is 0 Å². The molecule has 1 aromatic heterocycles. The van der Waals surface area contributed by atoms with Crippen LogP contribution in [0.4, 0.5) is 0 Å². The van der Waals surface area contributed by atoms with Crippen LogP contribution in [0.1, 0.15) is 48.7 Å². The first-order valence-corrected chi connectivity index (χ1v) is 8.98. The highest BCUT2D eigenvalue weighted by molar-refractivity contribution is 5.95. The lowest BCUT2D eigenvalue weighted by molar-refractivity contribution is 0.0342. The molecule has 2 atom stereocenters. The van der Waals surface area contributed by atoms with Crippen LogP contribution in [0.2, 0.25) is 0 Å². The monoisotopic (exact) mass is 340 g/mol. The van der Waals surface area contributed by atoms with E-state index < -0.39 is 0 Å². The van der Waals surface area contributed by atoms with Gasteiger partial charge in [0.15, 0.2) is 11.4 Å². The first kappa shape index (κ1) is 16.1. The molecule has 2 aliphatic rings. The second-order valence-corrected chi connectivity index (χ2v) is 7.26. The summed E-state index contributed by atoms with van der Waals surface area (Å²) in [5.41, 5.74) is 2.18. The highest BCUT2D eigenvalue weighted by Gasteiger charge is 2.41. The van der Waals surface area contributed by atoms with Gasteiger partial charge >= 0.3 is 0 Å². The molecule has 1 aliphatic carbocycles. The SMILES string of the molecule is CC(C)c1cccc(-n2cc(O)c(C(=O)N3CCN[C@@H]4CC[C@@H]43)n2)c1. The van der Waals surface area contributed by atoms with E-state index in [1.807, 2.05) is 23.1 Å². The van der Waals surface area contributed by atoms with Crippen molar-refractivity contribution < 1.29 is 9.90 Å². The Morgan fingerprint density at radius 1 is 1.36 bits per heavy atom. The van der Waals surface area contributed by atoms with Crippen molar-refractivity contribution in [1.29, 1.82) is 0 Å². The van der Waals surface area contributed by atoms with Gasteiger partial charge in [-0.1, -0.05) is 26.0 Å². The van der Waals surface area contributed by atoms with Crippen LogP contribution in [0.25, 0.3) is 5.69 Å². The van der Waals surface area contributed by atoms with E-state index in [1.54, 1.807) is 4.68 Å². The molecule has 1 aliphatic heterocycles. The summed E-state index contributed by atoms with van der Waals surface area (Å²) in [4.78, 5) is 14.8. The van der Waals surface area contributed by atoms with E-state index in [0.717, 1.165) is 25.1 Å². The van der Waals surface area contributed by atoms with Crippen molar-refractivity contribution in [2.75, 3.05) is 13.1 Å². The Balaban J connectivity index is 1.62. The Bertz CT molecular complexity index is 798. The molecule has 6 heteroatoms. The smallest absolute Gasteiger partial charge is 0.278 e. The Morgan fingerprint density at radius 2 is 2.20 bits per heavy atom. The zero-order chi connectivity index (χ0) is 17.6. The van der Waals surface area contributed by atoms with Gasteiger partial charge in [-0.15, -0.1) is 0 Å². The summed E-state index contributed by atoms with van der Waals surface area (Å²) in [6, 6.07) is 8.64. The highest BCUT2D eigenvalue weighted by Crippen LogP contribution is 2.30. The van der Waals surface area contributed by atoms with Gasteiger partial charge in [-0.25, -0.2) is 4.68 Å². The molecule has 1 aromatic carbocycles. The van der Waals surface area contributed by atoms with Crippen LogP contribution in [0, 0.1) is 0 Å². The van der Waals surface area contributed by atoms with Crippen LogP contribution < -0.4 is 5.32 Å². The van der Waals surface area contributed by atoms with Gasteiger partial charge in [-0.2, -0.15) is 5.10 Å². The number of hydrogen-bond donors (Lipinski definition) is 2. The molecule has 2 aromatic rings. The van der Waals surface area contributed by atoms with Crippen LogP contribution in [0.5, 0.6) is 5.75 Å². The van der Waals surface area contributed by atoms with E-state index in [2.05, 4.69) is 30.3 Å². The van der Waals surface area contributed by atoms with Crippen molar-refractivity contribution in [2.24, 2.45) is 0 Å². The van der Waals surface area contributed by atoms with Gasteiger partial charge in [0.25, 0.3) is 5.91 Å². The third kappa shape index (κ3) is 2.80. The summed E-state index contributed by atoms with van der Waals surface area (Å²) in [6.45, 7) is 5.72. The number of piperazine rings is 1. The van der Waals surface area contributed by atoms with Gasteiger partial charge < -0.3 is 15.3 Å². The minimum absolute atomic E-state index is 0.0608. The highest BCUT2D eigenvalue weighted by atomic mass is 16.3. The summed E-state index contributed by atoms with van der Waals surface area (Å²) in [7, 11) is 0. The van der Waals surface area contributed by atoms with E-state index in [4.69, 9.17) is 0 Å². The van der Waals surface area contributed by atoms with E-state index in [1.165, 1.54) is 11.8 Å². The molecule has 2 N–H and O–H groups in total. The summed E-state index contributed by atoms with van der Waals surface area (Å²) >= 11 is 0. The number of carbonyl (C=O) groups is 1. The molecular formula is C19H24N4O2. The van der Waals surface area contributed by atoms with Gasteiger partial charge in [0.1, 0.15) is 0 Å². The summed E-state index contributed by atoms with van der Waals surface area (Å²) in [5.74, 6) is 0.170. The van der Waals surface area contributed by atoms with Crippen LogP contribution in [-0.4, -0.2) is 50.9 Å². The first-order chi connectivity index (χ1) is 12.0. The Kier molecular flexibility index (Phi) is 4.00. The van der Waals surface area contributed by atoms with Crippen molar-refractivity contribution in [3.05, 3.63) is 41.7 Å². The number of aromatic hydroxyl groups is 1. The lowest BCUT2D eigenvalue weighted by Gasteiger charge is -2.48. The summed E-state index contributed by atoms with van der Waals surface area (Å²) in [5, 5.41) is 18.1. The third-order valence-corrected chi connectivity index (χ3v) is 5.36. The summed E-state index contributed by atoms with van der Waals surface area (Å²) in [6.07, 6.45) is 3.64. The fourth-order valence-corrected chi connectivity index (χ4v) is 3.69. The molecule has 1 saturated heterocycles. The topological polar surface area (TPSA) is 70.4 Å². The minimum Gasteiger partial charge on any atom is -0.504 e. The number of rotatable bonds is 3. The quantitative estimate of drug-likeness (QED) is 0.899. The largest absolute Gasteiger partial charge is 0.504 e. The van der Waals surface area contributed by atoms with E-state index in [9.17, 15) is 9.90 Å². The van der Waals surface area contributed by atoms with Gasteiger partial charge in [0.05, 0.1) is 11.9 Å². The van der Waals surface area contributed by atoms with E-state index >= 15 is 0 Å². The molecule has 4 rings (SSSR count). The normalized spacial score (nSPS) is 22.6. The second kappa shape index (κ2) is 6.19. The maximum absolute atomic E-state index is 12.9. The number of hydrogen-bond acceptors (Lipinski definition) is 4. The zero-order valence-corrected chi connectivity index (χ0v) is 14.6. The fraction of sp³-hybridized carbons (Fsp3) is 0.474. The maximum Gasteiger partial charge on any atom is 0.278 e. The maximum atomic E-state index is 12.9. The molecule has 0 spiro atoms. The van der Waals surface area contributed by atoms with Gasteiger partial charge in [0, 0.05) is 25.2 Å². The molecule has 0 unspecified atom stereocenters. The Hall–Kier alpha value is -2.34. The van der Waals surface area contributed by atoms with E-state index in [0.29, 0.717) is 18.5 Å². The number of nitrogens with zero attached hydrogens (tertiary/aromatic N) is 3. The zero-order valence-electron chi connectivity index (χ0n) is 14.6. The standard InChI is InChI=1S/C19H24N4O2/c1-12(2)13-4-3-5-14(10-13)23-11-17(24)18(21-23)19(25)22-9-8-20-15-6-7-16(15)22/h3-5,10-12,15-16,20,24H,6-9H2,1-2H3/t15-,16+/m1/s1. The van der Waals surface area contributed by atoms with Crippen LogP contribution >= 0.6 is 0 Å². The fourth-order valence-electron chi connectivity index (χ4n) is 3.69. The van der Waals surface area contributed by atoms with Crippen molar-refractivity contribution in [2.45, 2.75) is 44.7 Å². The number of aromatic nitrogens is 2. The minimum atomic E-state index is -0.174. The Labute approximate surface area is 147 Å². The predicted octanol–water partition coefficient (Wildman–Crippen LogP) is 2.28. The molecule has 2 heterocycles. The molecule has 132 valence electrons.